The number of primary amides is 1. The summed E-state index contributed by atoms with van der Waals surface area (Å²) in [6.07, 6.45) is 0.185. The molecule has 0 aliphatic rings. The first-order valence-electron chi connectivity index (χ1n) is 8.96. The molecular formula is C20H19BrN6O2. The van der Waals surface area contributed by atoms with Gasteiger partial charge in [-0.15, -0.1) is 10.2 Å². The van der Waals surface area contributed by atoms with Crippen molar-refractivity contribution in [2.45, 2.75) is 13.0 Å². The van der Waals surface area contributed by atoms with Gasteiger partial charge in [0, 0.05) is 18.6 Å². The van der Waals surface area contributed by atoms with E-state index >= 15 is 0 Å². The van der Waals surface area contributed by atoms with E-state index in [9.17, 15) is 9.59 Å². The fourth-order valence-electron chi connectivity index (χ4n) is 3.35. The number of benzene rings is 2. The van der Waals surface area contributed by atoms with E-state index in [2.05, 4.69) is 26.1 Å². The van der Waals surface area contributed by atoms with Crippen LogP contribution in [0, 0.1) is 0 Å². The molecule has 0 saturated carbocycles. The summed E-state index contributed by atoms with van der Waals surface area (Å²) in [7, 11) is 3.77. The van der Waals surface area contributed by atoms with Crippen LogP contribution in [0.4, 0.5) is 5.95 Å². The molecule has 4 aromatic rings. The lowest BCUT2D eigenvalue weighted by atomic mass is 10.1. The highest BCUT2D eigenvalue weighted by atomic mass is 79.9. The molecule has 0 atom stereocenters. The third kappa shape index (κ3) is 3.49. The van der Waals surface area contributed by atoms with Crippen molar-refractivity contribution < 1.29 is 4.79 Å². The number of nitrogens with two attached hydrogens (primary N) is 1. The van der Waals surface area contributed by atoms with E-state index < -0.39 is 0 Å². The molecule has 0 radical (unpaired) electrons. The first kappa shape index (κ1) is 19.1. The average Bonchev–Trinajstić information content (AvgIpc) is 3.11. The standard InChI is InChI=1S/C20H19BrN6O2/c1-25(2)19-23-24-20-26(11-13-5-3-12(4-6-13)9-17(22)28)18(29)15-10-14(21)7-8-16(15)27(19)20/h3-8,10H,9,11H2,1-2H3,(H2,22,28). The molecule has 148 valence electrons. The molecule has 0 saturated heterocycles. The van der Waals surface area contributed by atoms with Gasteiger partial charge in [-0.3, -0.25) is 14.2 Å². The molecular weight excluding hydrogens is 436 g/mol. The molecule has 2 N–H and O–H groups in total. The Labute approximate surface area is 174 Å². The van der Waals surface area contributed by atoms with E-state index in [1.807, 2.05) is 65.9 Å². The largest absolute Gasteiger partial charge is 0.369 e. The van der Waals surface area contributed by atoms with Crippen LogP contribution in [0.25, 0.3) is 16.7 Å². The van der Waals surface area contributed by atoms with Crippen LogP contribution in [0.1, 0.15) is 11.1 Å². The molecule has 8 nitrogen and oxygen atoms in total. The lowest BCUT2D eigenvalue weighted by molar-refractivity contribution is -0.117. The van der Waals surface area contributed by atoms with Gasteiger partial charge in [0.05, 0.1) is 23.9 Å². The zero-order valence-corrected chi connectivity index (χ0v) is 17.5. The number of carbonyl (C=O) groups excluding carboxylic acids is 1. The normalized spacial score (nSPS) is 11.3. The maximum Gasteiger partial charge on any atom is 0.263 e. The number of anilines is 1. The van der Waals surface area contributed by atoms with Crippen molar-refractivity contribution in [1.29, 1.82) is 0 Å². The quantitative estimate of drug-likeness (QED) is 0.496. The van der Waals surface area contributed by atoms with Crippen molar-refractivity contribution in [1.82, 2.24) is 19.2 Å². The second kappa shape index (κ2) is 7.32. The van der Waals surface area contributed by atoms with E-state index in [-0.39, 0.29) is 17.9 Å². The zero-order chi connectivity index (χ0) is 20.7. The predicted molar refractivity (Wildman–Crippen MR) is 115 cm³/mol. The van der Waals surface area contributed by atoms with Crippen LogP contribution < -0.4 is 16.2 Å². The Bertz CT molecular complexity index is 1290. The molecule has 2 aromatic heterocycles. The van der Waals surface area contributed by atoms with E-state index in [4.69, 9.17) is 5.73 Å². The first-order chi connectivity index (χ1) is 13.8. The number of hydrogen-bond acceptors (Lipinski definition) is 5. The third-order valence-electron chi connectivity index (χ3n) is 4.69. The highest BCUT2D eigenvalue weighted by molar-refractivity contribution is 9.10. The SMILES string of the molecule is CN(C)c1nnc2n(Cc3ccc(CC(N)=O)cc3)c(=O)c3cc(Br)ccc3n12. The summed E-state index contributed by atoms with van der Waals surface area (Å²) in [5, 5.41) is 9.13. The molecule has 0 aliphatic heterocycles. The van der Waals surface area contributed by atoms with Crippen molar-refractivity contribution >= 4 is 44.5 Å². The number of rotatable bonds is 5. The number of halogens is 1. The summed E-state index contributed by atoms with van der Waals surface area (Å²) in [5.74, 6) is 0.725. The number of aromatic nitrogens is 4. The van der Waals surface area contributed by atoms with Gasteiger partial charge in [-0.1, -0.05) is 40.2 Å². The van der Waals surface area contributed by atoms with Crippen LogP contribution in [0.15, 0.2) is 51.7 Å². The smallest absolute Gasteiger partial charge is 0.263 e. The number of carbonyl (C=O) groups is 1. The van der Waals surface area contributed by atoms with Gasteiger partial charge in [-0.2, -0.15) is 0 Å². The number of nitrogens with zero attached hydrogens (tertiary/aromatic N) is 5. The third-order valence-corrected chi connectivity index (χ3v) is 5.18. The maximum absolute atomic E-state index is 13.3. The van der Waals surface area contributed by atoms with Crippen molar-refractivity contribution in [3.05, 3.63) is 68.4 Å². The monoisotopic (exact) mass is 454 g/mol. The summed E-state index contributed by atoms with van der Waals surface area (Å²) in [4.78, 5) is 26.2. The van der Waals surface area contributed by atoms with Crippen LogP contribution in [0.2, 0.25) is 0 Å². The Hall–Kier alpha value is -3.20. The number of hydrogen-bond donors (Lipinski definition) is 1. The minimum Gasteiger partial charge on any atom is -0.369 e. The van der Waals surface area contributed by atoms with Crippen LogP contribution in [0.3, 0.4) is 0 Å². The van der Waals surface area contributed by atoms with Gasteiger partial charge in [0.25, 0.3) is 5.56 Å². The molecule has 9 heteroatoms. The molecule has 0 fully saturated rings. The van der Waals surface area contributed by atoms with E-state index in [1.165, 1.54) is 0 Å². The Balaban J connectivity index is 1.90. The Kier molecular flexibility index (Phi) is 4.83. The van der Waals surface area contributed by atoms with Crippen LogP contribution in [0.5, 0.6) is 0 Å². The lowest BCUT2D eigenvalue weighted by Crippen LogP contribution is -2.24. The number of fused-ring (bicyclic) bond motifs is 3. The highest BCUT2D eigenvalue weighted by Crippen LogP contribution is 2.22. The Morgan fingerprint density at radius 1 is 1.10 bits per heavy atom. The van der Waals surface area contributed by atoms with Gasteiger partial charge in [-0.25, -0.2) is 4.40 Å². The minimum atomic E-state index is -0.379. The highest BCUT2D eigenvalue weighted by Gasteiger charge is 2.18. The second-order valence-corrected chi connectivity index (χ2v) is 7.96. The fraction of sp³-hybridized carbons (Fsp3) is 0.200. The number of amides is 1. The molecule has 2 heterocycles. The maximum atomic E-state index is 13.3. The van der Waals surface area contributed by atoms with Gasteiger partial charge >= 0.3 is 0 Å². The second-order valence-electron chi connectivity index (χ2n) is 7.04. The van der Waals surface area contributed by atoms with Crippen molar-refractivity contribution in [3.8, 4) is 0 Å². The van der Waals surface area contributed by atoms with Gasteiger partial charge in [0.15, 0.2) is 0 Å². The summed E-state index contributed by atoms with van der Waals surface area (Å²) in [5.41, 5.74) is 7.59. The Morgan fingerprint density at radius 3 is 2.45 bits per heavy atom. The van der Waals surface area contributed by atoms with Gasteiger partial charge in [0.1, 0.15) is 0 Å². The molecule has 1 amide bonds. The fourth-order valence-corrected chi connectivity index (χ4v) is 3.71. The minimum absolute atomic E-state index is 0.146. The topological polar surface area (TPSA) is 98.5 Å². The lowest BCUT2D eigenvalue weighted by Gasteiger charge is -2.14. The summed E-state index contributed by atoms with van der Waals surface area (Å²) >= 11 is 3.45. The van der Waals surface area contributed by atoms with Crippen molar-refractivity contribution in [2.24, 2.45) is 5.73 Å². The summed E-state index contributed by atoms with van der Waals surface area (Å²) in [6.45, 7) is 0.327. The molecule has 0 bridgehead atoms. The first-order valence-corrected chi connectivity index (χ1v) is 9.75. The van der Waals surface area contributed by atoms with Gasteiger partial charge in [-0.05, 0) is 29.3 Å². The molecule has 0 aliphatic carbocycles. The zero-order valence-electron chi connectivity index (χ0n) is 16.0. The van der Waals surface area contributed by atoms with E-state index in [0.717, 1.165) is 21.1 Å². The molecule has 0 spiro atoms. The summed E-state index contributed by atoms with van der Waals surface area (Å²) < 4.78 is 4.31. The van der Waals surface area contributed by atoms with Crippen molar-refractivity contribution in [2.75, 3.05) is 19.0 Å². The summed E-state index contributed by atoms with van der Waals surface area (Å²) in [6, 6.07) is 13.0. The molecule has 0 unspecified atom stereocenters. The van der Waals surface area contributed by atoms with Crippen molar-refractivity contribution in [3.63, 3.8) is 0 Å². The average molecular weight is 455 g/mol. The molecule has 29 heavy (non-hydrogen) atoms. The van der Waals surface area contributed by atoms with Crippen LogP contribution in [-0.2, 0) is 17.8 Å². The van der Waals surface area contributed by atoms with Crippen LogP contribution in [-0.4, -0.2) is 39.2 Å². The van der Waals surface area contributed by atoms with E-state index in [1.54, 1.807) is 4.57 Å². The van der Waals surface area contributed by atoms with Gasteiger partial charge in [0.2, 0.25) is 17.6 Å². The molecule has 2 aromatic carbocycles. The Morgan fingerprint density at radius 2 is 1.79 bits per heavy atom. The predicted octanol–water partition coefficient (Wildman–Crippen LogP) is 1.95. The van der Waals surface area contributed by atoms with Crippen LogP contribution >= 0.6 is 15.9 Å². The van der Waals surface area contributed by atoms with Gasteiger partial charge < -0.3 is 10.6 Å². The molecule has 4 rings (SSSR count). The van der Waals surface area contributed by atoms with E-state index in [0.29, 0.717) is 23.7 Å².